The van der Waals surface area contributed by atoms with Gasteiger partial charge in [-0.3, -0.25) is 4.98 Å². The summed E-state index contributed by atoms with van der Waals surface area (Å²) >= 11 is 3.57. The van der Waals surface area contributed by atoms with Crippen molar-refractivity contribution in [2.75, 3.05) is 0 Å². The number of rotatable bonds is 2. The lowest BCUT2D eigenvalue weighted by Gasteiger charge is -2.22. The van der Waals surface area contributed by atoms with Gasteiger partial charge in [0.25, 0.3) is 0 Å². The summed E-state index contributed by atoms with van der Waals surface area (Å²) in [5.41, 5.74) is 1.91. The van der Waals surface area contributed by atoms with Gasteiger partial charge in [0.15, 0.2) is 0 Å². The largest absolute Gasteiger partial charge is 0.388 e. The van der Waals surface area contributed by atoms with Crippen molar-refractivity contribution >= 4 is 26.8 Å². The number of hydrogen-bond acceptors (Lipinski definition) is 2. The summed E-state index contributed by atoms with van der Waals surface area (Å²) in [7, 11) is 0. The number of benzene rings is 1. The van der Waals surface area contributed by atoms with E-state index in [1.807, 2.05) is 18.2 Å². The second-order valence-corrected chi connectivity index (χ2v) is 6.59. The van der Waals surface area contributed by atoms with E-state index < -0.39 is 6.10 Å². The van der Waals surface area contributed by atoms with Crippen molar-refractivity contribution in [1.29, 1.82) is 0 Å². The number of aliphatic hydroxyl groups is 1. The molecule has 0 saturated heterocycles. The maximum absolute atomic E-state index is 10.8. The molecule has 3 rings (SSSR count). The lowest BCUT2D eigenvalue weighted by atomic mass is 9.88. The number of hydrogen-bond donors (Lipinski definition) is 1. The summed E-state index contributed by atoms with van der Waals surface area (Å²) in [6.07, 6.45) is 8.77. The number of halogens is 1. The maximum atomic E-state index is 10.8. The van der Waals surface area contributed by atoms with Gasteiger partial charge >= 0.3 is 0 Å². The van der Waals surface area contributed by atoms with Gasteiger partial charge in [0, 0.05) is 21.6 Å². The van der Waals surface area contributed by atoms with Crippen molar-refractivity contribution in [2.24, 2.45) is 5.92 Å². The molecule has 1 saturated carbocycles. The fourth-order valence-corrected chi connectivity index (χ4v) is 3.73. The molecule has 3 heteroatoms. The molecule has 1 unspecified atom stereocenters. The molecule has 0 spiro atoms. The van der Waals surface area contributed by atoms with Gasteiger partial charge in [-0.2, -0.15) is 0 Å². The highest BCUT2D eigenvalue weighted by Crippen LogP contribution is 2.37. The molecule has 1 aliphatic rings. The number of aromatic nitrogens is 1. The molecule has 0 amide bonds. The van der Waals surface area contributed by atoms with Crippen molar-refractivity contribution in [3.63, 3.8) is 0 Å². The third-order valence-corrected chi connectivity index (χ3v) is 5.10. The van der Waals surface area contributed by atoms with Gasteiger partial charge in [-0.05, 0) is 30.9 Å². The van der Waals surface area contributed by atoms with E-state index in [1.54, 1.807) is 6.20 Å². The Morgan fingerprint density at radius 1 is 1.10 bits per heavy atom. The van der Waals surface area contributed by atoms with Crippen LogP contribution in [0.3, 0.4) is 0 Å². The second-order valence-electron chi connectivity index (χ2n) is 5.73. The number of fused-ring (bicyclic) bond motifs is 1. The van der Waals surface area contributed by atoms with Gasteiger partial charge in [0.1, 0.15) is 0 Å². The summed E-state index contributed by atoms with van der Waals surface area (Å²) in [6, 6.07) is 8.04. The summed E-state index contributed by atoms with van der Waals surface area (Å²) in [5.74, 6) is 0.379. The first-order chi connectivity index (χ1) is 9.77. The van der Waals surface area contributed by atoms with Crippen LogP contribution in [0, 0.1) is 5.92 Å². The average Bonchev–Trinajstić information content (AvgIpc) is 2.76. The number of nitrogens with zero attached hydrogens (tertiary/aromatic N) is 1. The van der Waals surface area contributed by atoms with Crippen LogP contribution in [-0.2, 0) is 0 Å². The average molecular weight is 334 g/mol. The molecule has 0 aliphatic heterocycles. The van der Waals surface area contributed by atoms with E-state index in [4.69, 9.17) is 0 Å². The first-order valence-electron chi connectivity index (χ1n) is 7.48. The Balaban J connectivity index is 1.98. The molecule has 1 heterocycles. The molecule has 1 N–H and O–H groups in total. The zero-order chi connectivity index (χ0) is 13.9. The van der Waals surface area contributed by atoms with Crippen LogP contribution in [0.2, 0.25) is 0 Å². The van der Waals surface area contributed by atoms with Crippen molar-refractivity contribution < 1.29 is 5.11 Å². The Kier molecular flexibility index (Phi) is 4.37. The SMILES string of the molecule is OC(c1ccc(Br)c2cccnc12)C1CCCCCC1. The number of pyridine rings is 1. The normalized spacial score (nSPS) is 18.9. The minimum absolute atomic E-state index is 0.379. The molecule has 1 aromatic carbocycles. The summed E-state index contributed by atoms with van der Waals surface area (Å²) in [6.45, 7) is 0. The summed E-state index contributed by atoms with van der Waals surface area (Å²) < 4.78 is 1.04. The molecule has 0 bridgehead atoms. The van der Waals surface area contributed by atoms with E-state index in [-0.39, 0.29) is 0 Å². The molecule has 1 fully saturated rings. The zero-order valence-corrected chi connectivity index (χ0v) is 13.1. The number of aliphatic hydroxyl groups excluding tert-OH is 1. The Morgan fingerprint density at radius 2 is 1.85 bits per heavy atom. The highest BCUT2D eigenvalue weighted by molar-refractivity contribution is 9.10. The van der Waals surface area contributed by atoms with Gasteiger partial charge in [-0.15, -0.1) is 0 Å². The molecule has 20 heavy (non-hydrogen) atoms. The van der Waals surface area contributed by atoms with Crippen LogP contribution in [-0.4, -0.2) is 10.1 Å². The van der Waals surface area contributed by atoms with Crippen LogP contribution in [0.4, 0.5) is 0 Å². The molecule has 1 aromatic heterocycles. The van der Waals surface area contributed by atoms with Gasteiger partial charge < -0.3 is 5.11 Å². The van der Waals surface area contributed by atoms with E-state index >= 15 is 0 Å². The third-order valence-electron chi connectivity index (χ3n) is 4.41. The molecule has 1 atom stereocenters. The minimum Gasteiger partial charge on any atom is -0.388 e. The first kappa shape index (κ1) is 14.0. The van der Waals surface area contributed by atoms with Crippen LogP contribution < -0.4 is 0 Å². The van der Waals surface area contributed by atoms with E-state index in [0.29, 0.717) is 5.92 Å². The Hall–Kier alpha value is -0.930. The van der Waals surface area contributed by atoms with E-state index in [0.717, 1.165) is 33.8 Å². The molecule has 2 aromatic rings. The van der Waals surface area contributed by atoms with Crippen molar-refractivity contribution in [3.05, 3.63) is 40.5 Å². The standard InChI is InChI=1S/C17H20BrNO/c18-15-10-9-14(16-13(15)8-5-11-19-16)17(20)12-6-3-1-2-4-7-12/h5,8-12,17,20H,1-4,6-7H2. The smallest absolute Gasteiger partial charge is 0.0839 e. The Morgan fingerprint density at radius 3 is 2.60 bits per heavy atom. The van der Waals surface area contributed by atoms with Gasteiger partial charge in [-0.1, -0.05) is 53.7 Å². The lowest BCUT2D eigenvalue weighted by molar-refractivity contribution is 0.0999. The summed E-state index contributed by atoms with van der Waals surface area (Å²) in [4.78, 5) is 4.49. The van der Waals surface area contributed by atoms with Crippen LogP contribution in [0.1, 0.15) is 50.2 Å². The highest BCUT2D eigenvalue weighted by Gasteiger charge is 2.24. The predicted octanol–water partition coefficient (Wildman–Crippen LogP) is 5.00. The van der Waals surface area contributed by atoms with Crippen molar-refractivity contribution in [1.82, 2.24) is 4.98 Å². The molecule has 0 radical (unpaired) electrons. The van der Waals surface area contributed by atoms with Gasteiger partial charge in [0.05, 0.1) is 11.6 Å². The molecule has 106 valence electrons. The van der Waals surface area contributed by atoms with Crippen LogP contribution >= 0.6 is 15.9 Å². The molecular formula is C17H20BrNO. The molecule has 1 aliphatic carbocycles. The monoisotopic (exact) mass is 333 g/mol. The van der Waals surface area contributed by atoms with Crippen molar-refractivity contribution in [2.45, 2.75) is 44.6 Å². The van der Waals surface area contributed by atoms with Crippen LogP contribution in [0.25, 0.3) is 10.9 Å². The molecular weight excluding hydrogens is 314 g/mol. The quantitative estimate of drug-likeness (QED) is 0.784. The van der Waals surface area contributed by atoms with Crippen LogP contribution in [0.5, 0.6) is 0 Å². The fraction of sp³-hybridized carbons (Fsp3) is 0.471. The predicted molar refractivity (Wildman–Crippen MR) is 85.6 cm³/mol. The second kappa shape index (κ2) is 6.23. The Bertz CT molecular complexity index is 591. The topological polar surface area (TPSA) is 33.1 Å². The zero-order valence-electron chi connectivity index (χ0n) is 11.6. The lowest BCUT2D eigenvalue weighted by Crippen LogP contribution is -2.12. The first-order valence-corrected chi connectivity index (χ1v) is 8.28. The maximum Gasteiger partial charge on any atom is 0.0839 e. The van der Waals surface area contributed by atoms with E-state index in [2.05, 4.69) is 27.0 Å². The summed E-state index contributed by atoms with van der Waals surface area (Å²) in [5, 5.41) is 11.9. The van der Waals surface area contributed by atoms with Gasteiger partial charge in [0.2, 0.25) is 0 Å². The minimum atomic E-state index is -0.390. The van der Waals surface area contributed by atoms with E-state index in [9.17, 15) is 5.11 Å². The highest BCUT2D eigenvalue weighted by atomic mass is 79.9. The Labute approximate surface area is 128 Å². The van der Waals surface area contributed by atoms with E-state index in [1.165, 1.54) is 25.7 Å². The third kappa shape index (κ3) is 2.75. The molecule has 2 nitrogen and oxygen atoms in total. The van der Waals surface area contributed by atoms with Crippen LogP contribution in [0.15, 0.2) is 34.9 Å². The van der Waals surface area contributed by atoms with Crippen molar-refractivity contribution in [3.8, 4) is 0 Å². The van der Waals surface area contributed by atoms with Gasteiger partial charge in [-0.25, -0.2) is 0 Å². The fourth-order valence-electron chi connectivity index (χ4n) is 3.28.